The van der Waals surface area contributed by atoms with Crippen LogP contribution in [-0.4, -0.2) is 29.9 Å². The number of hydrogen-bond donors (Lipinski definition) is 2. The maximum Gasteiger partial charge on any atom is 0.252 e. The molecule has 2 aromatic carbocycles. The van der Waals surface area contributed by atoms with E-state index in [1.807, 2.05) is 55.5 Å². The molecule has 1 heterocycles. The molecule has 0 saturated carbocycles. The van der Waals surface area contributed by atoms with E-state index in [9.17, 15) is 9.59 Å². The third kappa shape index (κ3) is 4.08. The Morgan fingerprint density at radius 1 is 1.04 bits per heavy atom. The van der Waals surface area contributed by atoms with Gasteiger partial charge in [-0.1, -0.05) is 46.3 Å². The summed E-state index contributed by atoms with van der Waals surface area (Å²) in [5, 5.41) is 6.09. The van der Waals surface area contributed by atoms with Crippen LogP contribution in [0.1, 0.15) is 17.3 Å². The molecule has 0 saturated heterocycles. The van der Waals surface area contributed by atoms with Gasteiger partial charge in [0.1, 0.15) is 0 Å². The molecule has 0 bridgehead atoms. The lowest BCUT2D eigenvalue weighted by Crippen LogP contribution is -2.36. The number of para-hydroxylation sites is 1. The maximum absolute atomic E-state index is 12.7. The van der Waals surface area contributed by atoms with Gasteiger partial charge in [-0.15, -0.1) is 0 Å². The molecular weight excluding hydrogens is 394 g/mol. The van der Waals surface area contributed by atoms with E-state index in [1.165, 1.54) is 0 Å². The first-order chi connectivity index (χ1) is 12.6. The van der Waals surface area contributed by atoms with Gasteiger partial charge in [0.25, 0.3) is 5.91 Å². The number of amides is 2. The Kier molecular flexibility index (Phi) is 5.63. The summed E-state index contributed by atoms with van der Waals surface area (Å²) < 4.78 is 0.974. The number of hydrogen-bond acceptors (Lipinski definition) is 3. The lowest BCUT2D eigenvalue weighted by Gasteiger charge is -2.11. The van der Waals surface area contributed by atoms with E-state index in [-0.39, 0.29) is 18.4 Å². The van der Waals surface area contributed by atoms with Crippen molar-refractivity contribution >= 4 is 38.6 Å². The van der Waals surface area contributed by atoms with Crippen LogP contribution in [0.25, 0.3) is 22.2 Å². The average molecular weight is 412 g/mol. The van der Waals surface area contributed by atoms with Gasteiger partial charge >= 0.3 is 0 Å². The summed E-state index contributed by atoms with van der Waals surface area (Å²) in [7, 11) is 0. The second kappa shape index (κ2) is 8.10. The molecule has 0 fully saturated rings. The summed E-state index contributed by atoms with van der Waals surface area (Å²) in [4.78, 5) is 29.0. The van der Waals surface area contributed by atoms with Crippen molar-refractivity contribution in [3.05, 3.63) is 64.6 Å². The lowest BCUT2D eigenvalue weighted by atomic mass is 10.0. The highest BCUT2D eigenvalue weighted by atomic mass is 79.9. The molecule has 0 aliphatic carbocycles. The van der Waals surface area contributed by atoms with Crippen LogP contribution < -0.4 is 10.6 Å². The predicted molar refractivity (Wildman–Crippen MR) is 106 cm³/mol. The van der Waals surface area contributed by atoms with Crippen molar-refractivity contribution < 1.29 is 9.59 Å². The number of likely N-dealkylation sites (N-methyl/N-ethyl adjacent to an activating group) is 1. The van der Waals surface area contributed by atoms with E-state index in [1.54, 1.807) is 6.07 Å². The highest BCUT2D eigenvalue weighted by Gasteiger charge is 2.14. The lowest BCUT2D eigenvalue weighted by molar-refractivity contribution is -0.120. The SMILES string of the molecule is CCNC(=O)CNC(=O)c1cc(-c2ccc(Br)cc2)nc2ccccc12. The van der Waals surface area contributed by atoms with Crippen LogP contribution in [0.15, 0.2) is 59.1 Å². The first kappa shape index (κ1) is 18.1. The molecule has 5 nitrogen and oxygen atoms in total. The summed E-state index contributed by atoms with van der Waals surface area (Å²) in [5.74, 6) is -0.513. The van der Waals surface area contributed by atoms with E-state index in [4.69, 9.17) is 0 Å². The standard InChI is InChI=1S/C20H18BrN3O2/c1-2-22-19(25)12-23-20(26)16-11-18(13-7-9-14(21)10-8-13)24-17-6-4-3-5-15(16)17/h3-11H,2,12H2,1H3,(H,22,25)(H,23,26). The zero-order valence-electron chi connectivity index (χ0n) is 14.3. The molecular formula is C20H18BrN3O2. The molecule has 1 aromatic heterocycles. The van der Waals surface area contributed by atoms with Gasteiger partial charge in [-0.05, 0) is 31.2 Å². The van der Waals surface area contributed by atoms with Gasteiger partial charge in [-0.25, -0.2) is 4.98 Å². The summed E-state index contributed by atoms with van der Waals surface area (Å²) in [6.07, 6.45) is 0. The van der Waals surface area contributed by atoms with Gasteiger partial charge in [0.15, 0.2) is 0 Å². The van der Waals surface area contributed by atoms with E-state index in [0.29, 0.717) is 17.8 Å². The largest absolute Gasteiger partial charge is 0.355 e. The Morgan fingerprint density at radius 3 is 2.50 bits per heavy atom. The third-order valence-corrected chi connectivity index (χ3v) is 4.41. The van der Waals surface area contributed by atoms with E-state index in [2.05, 4.69) is 31.5 Å². The van der Waals surface area contributed by atoms with Crippen molar-refractivity contribution in [3.8, 4) is 11.3 Å². The van der Waals surface area contributed by atoms with Crippen LogP contribution in [0.3, 0.4) is 0 Å². The van der Waals surface area contributed by atoms with Crippen LogP contribution in [0, 0.1) is 0 Å². The van der Waals surface area contributed by atoms with Crippen molar-refractivity contribution in [2.45, 2.75) is 6.92 Å². The van der Waals surface area contributed by atoms with Crippen molar-refractivity contribution in [2.75, 3.05) is 13.1 Å². The van der Waals surface area contributed by atoms with Gasteiger partial charge in [0.05, 0.1) is 23.3 Å². The van der Waals surface area contributed by atoms with Crippen LogP contribution in [0.4, 0.5) is 0 Å². The Morgan fingerprint density at radius 2 is 1.77 bits per heavy atom. The molecule has 3 aromatic rings. The van der Waals surface area contributed by atoms with Gasteiger partial charge in [-0.3, -0.25) is 9.59 Å². The molecule has 0 unspecified atom stereocenters. The fourth-order valence-corrected chi connectivity index (χ4v) is 2.91. The van der Waals surface area contributed by atoms with Crippen molar-refractivity contribution in [3.63, 3.8) is 0 Å². The molecule has 0 atom stereocenters. The first-order valence-corrected chi connectivity index (χ1v) is 9.08. The van der Waals surface area contributed by atoms with Crippen LogP contribution in [-0.2, 0) is 4.79 Å². The number of halogens is 1. The van der Waals surface area contributed by atoms with E-state index >= 15 is 0 Å². The van der Waals surface area contributed by atoms with E-state index in [0.717, 1.165) is 20.9 Å². The minimum atomic E-state index is -0.298. The zero-order valence-corrected chi connectivity index (χ0v) is 15.8. The predicted octanol–water partition coefficient (Wildman–Crippen LogP) is 3.53. The second-order valence-electron chi connectivity index (χ2n) is 5.72. The number of nitrogens with zero attached hydrogens (tertiary/aromatic N) is 1. The first-order valence-electron chi connectivity index (χ1n) is 8.29. The summed E-state index contributed by atoms with van der Waals surface area (Å²) in [6.45, 7) is 2.30. The van der Waals surface area contributed by atoms with Gasteiger partial charge in [-0.2, -0.15) is 0 Å². The molecule has 2 N–H and O–H groups in total. The maximum atomic E-state index is 12.7. The Balaban J connectivity index is 1.98. The van der Waals surface area contributed by atoms with Crippen LogP contribution in [0.5, 0.6) is 0 Å². The summed E-state index contributed by atoms with van der Waals surface area (Å²) in [5.41, 5.74) is 2.85. The highest BCUT2D eigenvalue weighted by molar-refractivity contribution is 9.10. The minimum Gasteiger partial charge on any atom is -0.355 e. The number of pyridine rings is 1. The molecule has 3 rings (SSSR count). The van der Waals surface area contributed by atoms with E-state index < -0.39 is 0 Å². The van der Waals surface area contributed by atoms with Crippen molar-refractivity contribution in [1.82, 2.24) is 15.6 Å². The van der Waals surface area contributed by atoms with Crippen LogP contribution >= 0.6 is 15.9 Å². The summed E-state index contributed by atoms with van der Waals surface area (Å²) in [6, 6.07) is 17.0. The molecule has 0 aliphatic heterocycles. The number of rotatable bonds is 5. The molecule has 0 spiro atoms. The van der Waals surface area contributed by atoms with Crippen molar-refractivity contribution in [1.29, 1.82) is 0 Å². The number of fused-ring (bicyclic) bond motifs is 1. The Bertz CT molecular complexity index is 955. The number of carbonyl (C=O) groups is 2. The van der Waals surface area contributed by atoms with Gasteiger partial charge in [0, 0.05) is 22.0 Å². The Labute approximate surface area is 160 Å². The molecule has 0 radical (unpaired) electrons. The zero-order chi connectivity index (χ0) is 18.5. The quantitative estimate of drug-likeness (QED) is 0.674. The average Bonchev–Trinajstić information content (AvgIpc) is 2.66. The number of aromatic nitrogens is 1. The third-order valence-electron chi connectivity index (χ3n) is 3.88. The molecule has 2 amide bonds. The summed E-state index contributed by atoms with van der Waals surface area (Å²) >= 11 is 3.42. The van der Waals surface area contributed by atoms with Crippen molar-refractivity contribution in [2.24, 2.45) is 0 Å². The fourth-order valence-electron chi connectivity index (χ4n) is 2.65. The number of nitrogens with one attached hydrogen (secondary N) is 2. The molecule has 6 heteroatoms. The fraction of sp³-hybridized carbons (Fsp3) is 0.150. The Hall–Kier alpha value is -2.73. The monoisotopic (exact) mass is 411 g/mol. The van der Waals surface area contributed by atoms with Crippen LogP contribution in [0.2, 0.25) is 0 Å². The number of benzene rings is 2. The van der Waals surface area contributed by atoms with Gasteiger partial charge < -0.3 is 10.6 Å². The molecule has 0 aliphatic rings. The second-order valence-corrected chi connectivity index (χ2v) is 6.63. The normalized spacial score (nSPS) is 10.5. The topological polar surface area (TPSA) is 71.1 Å². The minimum absolute atomic E-state index is 0.0586. The highest BCUT2D eigenvalue weighted by Crippen LogP contribution is 2.26. The molecule has 132 valence electrons. The number of carbonyl (C=O) groups excluding carboxylic acids is 2. The molecule has 26 heavy (non-hydrogen) atoms. The van der Waals surface area contributed by atoms with Gasteiger partial charge in [0.2, 0.25) is 5.91 Å². The smallest absolute Gasteiger partial charge is 0.252 e.